The summed E-state index contributed by atoms with van der Waals surface area (Å²) in [4.78, 5) is -0.146. The molecule has 0 saturated heterocycles. The van der Waals surface area contributed by atoms with Crippen molar-refractivity contribution >= 4 is 22.9 Å². The topological polar surface area (TPSA) is 38.0 Å². The predicted molar refractivity (Wildman–Crippen MR) is 74.8 cm³/mol. The molecule has 0 bridgehead atoms. The second-order valence-corrected chi connectivity index (χ2v) is 5.46. The summed E-state index contributed by atoms with van der Waals surface area (Å²) < 4.78 is 27.4. The van der Waals surface area contributed by atoms with Gasteiger partial charge in [0.25, 0.3) is 0 Å². The van der Waals surface area contributed by atoms with E-state index < -0.39 is 11.6 Å². The highest BCUT2D eigenvalue weighted by atomic mass is 32.1. The van der Waals surface area contributed by atoms with E-state index in [9.17, 15) is 8.78 Å². The molecule has 100 valence electrons. The van der Waals surface area contributed by atoms with E-state index >= 15 is 0 Å². The second kappa shape index (κ2) is 5.61. The summed E-state index contributed by atoms with van der Waals surface area (Å²) in [5.41, 5.74) is 5.39. The van der Waals surface area contributed by atoms with E-state index in [2.05, 4.69) is 38.3 Å². The van der Waals surface area contributed by atoms with Gasteiger partial charge in [-0.05, 0) is 24.0 Å². The van der Waals surface area contributed by atoms with E-state index in [1.165, 1.54) is 12.1 Å². The van der Waals surface area contributed by atoms with Crippen molar-refractivity contribution in [2.45, 2.75) is 27.2 Å². The van der Waals surface area contributed by atoms with E-state index in [1.54, 1.807) is 0 Å². The van der Waals surface area contributed by atoms with Gasteiger partial charge in [-0.25, -0.2) is 8.78 Å². The maximum absolute atomic E-state index is 13.7. The number of nitrogens with two attached hydrogens (primary N) is 1. The number of benzene rings is 1. The molecule has 1 aromatic rings. The molecule has 0 aromatic heterocycles. The first-order valence-corrected chi connectivity index (χ1v) is 6.21. The molecular formula is C13H18F2N2S. The summed E-state index contributed by atoms with van der Waals surface area (Å²) in [5.74, 6) is -1.94. The summed E-state index contributed by atoms with van der Waals surface area (Å²) in [7, 11) is 0. The molecule has 0 aliphatic rings. The van der Waals surface area contributed by atoms with Gasteiger partial charge in [0.1, 0.15) is 4.99 Å². The Labute approximate surface area is 112 Å². The highest BCUT2D eigenvalue weighted by Gasteiger charge is 2.18. The summed E-state index contributed by atoms with van der Waals surface area (Å²) in [5, 5.41) is 2.91. The van der Waals surface area contributed by atoms with E-state index in [1.807, 2.05) is 0 Å². The Kier molecular flexibility index (Phi) is 4.62. The minimum atomic E-state index is -0.998. The lowest BCUT2D eigenvalue weighted by Crippen LogP contribution is -2.23. The van der Waals surface area contributed by atoms with Crippen LogP contribution in [0, 0.1) is 17.0 Å². The average Bonchev–Trinajstić information content (AvgIpc) is 2.30. The molecule has 0 unspecified atom stereocenters. The molecule has 1 aromatic carbocycles. The molecule has 0 aliphatic heterocycles. The molecule has 0 atom stereocenters. The van der Waals surface area contributed by atoms with Gasteiger partial charge in [-0.3, -0.25) is 0 Å². The van der Waals surface area contributed by atoms with Gasteiger partial charge in [-0.1, -0.05) is 33.0 Å². The Morgan fingerprint density at radius 1 is 1.33 bits per heavy atom. The minimum Gasteiger partial charge on any atom is -0.389 e. The van der Waals surface area contributed by atoms with Crippen molar-refractivity contribution in [2.75, 3.05) is 11.9 Å². The first-order chi connectivity index (χ1) is 8.28. The molecular weight excluding hydrogens is 254 g/mol. The molecule has 0 aliphatic carbocycles. The zero-order chi connectivity index (χ0) is 13.9. The summed E-state index contributed by atoms with van der Waals surface area (Å²) in [6.07, 6.45) is 0.940. The highest BCUT2D eigenvalue weighted by molar-refractivity contribution is 7.80. The molecule has 18 heavy (non-hydrogen) atoms. The second-order valence-electron chi connectivity index (χ2n) is 5.02. The minimum absolute atomic E-state index is 0.0186. The van der Waals surface area contributed by atoms with Crippen LogP contribution < -0.4 is 11.1 Å². The van der Waals surface area contributed by atoms with Crippen LogP contribution >= 0.6 is 12.2 Å². The molecule has 0 saturated carbocycles. The number of halogens is 2. The van der Waals surface area contributed by atoms with Crippen LogP contribution in [0.1, 0.15) is 32.8 Å². The Morgan fingerprint density at radius 2 is 1.94 bits per heavy atom. The van der Waals surface area contributed by atoms with Crippen molar-refractivity contribution in [3.63, 3.8) is 0 Å². The standard InChI is InChI=1S/C13H18F2N2S/c1-4-13(2,3)7-17-9-6-5-8(12(16)18)10(14)11(9)15/h5-6,17H,4,7H2,1-3H3,(H2,16,18). The third-order valence-electron chi connectivity index (χ3n) is 3.06. The fraction of sp³-hybridized carbons (Fsp3) is 0.462. The van der Waals surface area contributed by atoms with Crippen LogP contribution in [0.2, 0.25) is 0 Å². The smallest absolute Gasteiger partial charge is 0.182 e. The van der Waals surface area contributed by atoms with Gasteiger partial charge >= 0.3 is 0 Å². The van der Waals surface area contributed by atoms with Crippen molar-refractivity contribution in [1.82, 2.24) is 0 Å². The van der Waals surface area contributed by atoms with Crippen LogP contribution in [0.15, 0.2) is 12.1 Å². The van der Waals surface area contributed by atoms with Gasteiger partial charge in [0.2, 0.25) is 0 Å². The lowest BCUT2D eigenvalue weighted by Gasteiger charge is -2.23. The number of thiocarbonyl (C=S) groups is 1. The first kappa shape index (κ1) is 14.8. The van der Waals surface area contributed by atoms with Crippen molar-refractivity contribution in [1.29, 1.82) is 0 Å². The average molecular weight is 272 g/mol. The molecule has 2 nitrogen and oxygen atoms in total. The Hall–Kier alpha value is -1.23. The zero-order valence-electron chi connectivity index (χ0n) is 10.8. The summed E-state index contributed by atoms with van der Waals surface area (Å²) >= 11 is 4.65. The van der Waals surface area contributed by atoms with Crippen LogP contribution in [0.3, 0.4) is 0 Å². The lowest BCUT2D eigenvalue weighted by atomic mass is 9.90. The highest BCUT2D eigenvalue weighted by Crippen LogP contribution is 2.24. The molecule has 3 N–H and O–H groups in total. The van der Waals surface area contributed by atoms with Crippen LogP contribution in [-0.4, -0.2) is 11.5 Å². The van der Waals surface area contributed by atoms with E-state index in [0.29, 0.717) is 6.54 Å². The maximum atomic E-state index is 13.7. The number of rotatable bonds is 5. The molecule has 0 amide bonds. The fourth-order valence-electron chi connectivity index (χ4n) is 1.34. The third-order valence-corrected chi connectivity index (χ3v) is 3.28. The van der Waals surface area contributed by atoms with Crippen LogP contribution in [-0.2, 0) is 0 Å². The number of hydrogen-bond acceptors (Lipinski definition) is 2. The quantitative estimate of drug-likeness (QED) is 0.806. The van der Waals surface area contributed by atoms with Crippen LogP contribution in [0.25, 0.3) is 0 Å². The predicted octanol–water partition coefficient (Wildman–Crippen LogP) is 3.45. The third kappa shape index (κ3) is 3.38. The van der Waals surface area contributed by atoms with Crippen molar-refractivity contribution in [3.8, 4) is 0 Å². The van der Waals surface area contributed by atoms with Crippen molar-refractivity contribution < 1.29 is 8.78 Å². The Morgan fingerprint density at radius 3 is 2.44 bits per heavy atom. The van der Waals surface area contributed by atoms with Crippen molar-refractivity contribution in [2.24, 2.45) is 11.1 Å². The summed E-state index contributed by atoms with van der Waals surface area (Å²) in [6, 6.07) is 2.85. The van der Waals surface area contributed by atoms with E-state index in [-0.39, 0.29) is 21.7 Å². The van der Waals surface area contributed by atoms with Gasteiger partial charge in [0, 0.05) is 12.1 Å². The maximum Gasteiger partial charge on any atom is 0.182 e. The molecule has 0 radical (unpaired) electrons. The molecule has 0 heterocycles. The normalized spacial score (nSPS) is 11.4. The molecule has 0 spiro atoms. The zero-order valence-corrected chi connectivity index (χ0v) is 11.6. The van der Waals surface area contributed by atoms with Crippen molar-refractivity contribution in [3.05, 3.63) is 29.3 Å². The van der Waals surface area contributed by atoms with Crippen LogP contribution in [0.5, 0.6) is 0 Å². The van der Waals surface area contributed by atoms with E-state index in [0.717, 1.165) is 6.42 Å². The lowest BCUT2D eigenvalue weighted by molar-refractivity contribution is 0.376. The largest absolute Gasteiger partial charge is 0.389 e. The molecule has 5 heteroatoms. The number of hydrogen-bond donors (Lipinski definition) is 2. The van der Waals surface area contributed by atoms with Gasteiger partial charge in [-0.2, -0.15) is 0 Å². The Balaban J connectivity index is 2.93. The van der Waals surface area contributed by atoms with Gasteiger partial charge in [-0.15, -0.1) is 0 Å². The van der Waals surface area contributed by atoms with Gasteiger partial charge in [0.05, 0.1) is 5.69 Å². The molecule has 0 fully saturated rings. The first-order valence-electron chi connectivity index (χ1n) is 5.80. The van der Waals surface area contributed by atoms with E-state index in [4.69, 9.17) is 5.73 Å². The molecule has 1 rings (SSSR count). The van der Waals surface area contributed by atoms with Crippen LogP contribution in [0.4, 0.5) is 14.5 Å². The monoisotopic (exact) mass is 272 g/mol. The number of nitrogens with one attached hydrogen (secondary N) is 1. The van der Waals surface area contributed by atoms with Gasteiger partial charge in [0.15, 0.2) is 11.6 Å². The SMILES string of the molecule is CCC(C)(C)CNc1ccc(C(N)=S)c(F)c1F. The fourth-order valence-corrected chi connectivity index (χ4v) is 1.49. The van der Waals surface area contributed by atoms with Gasteiger partial charge < -0.3 is 11.1 Å². The summed E-state index contributed by atoms with van der Waals surface area (Å²) in [6.45, 7) is 6.72. The number of anilines is 1. The Bertz CT molecular complexity index is 459.